The molecule has 2 rings (SSSR count). The summed E-state index contributed by atoms with van der Waals surface area (Å²) in [5.74, 6) is 0.265. The quantitative estimate of drug-likeness (QED) is 0.886. The van der Waals surface area contributed by atoms with E-state index in [1.807, 2.05) is 6.07 Å². The van der Waals surface area contributed by atoms with Crippen LogP contribution in [0.25, 0.3) is 0 Å². The van der Waals surface area contributed by atoms with E-state index in [9.17, 15) is 5.11 Å². The largest absolute Gasteiger partial charge is 0.506 e. The number of hydrogen-bond donors (Lipinski definition) is 2. The van der Waals surface area contributed by atoms with Crippen LogP contribution in [-0.2, 0) is 0 Å². The number of nitrogens with one attached hydrogen (secondary N) is 1. The summed E-state index contributed by atoms with van der Waals surface area (Å²) in [7, 11) is 0. The summed E-state index contributed by atoms with van der Waals surface area (Å²) in [6.07, 6.45) is 2.03. The van der Waals surface area contributed by atoms with Gasteiger partial charge in [0.2, 0.25) is 0 Å². The molecular weight excluding hydrogens is 318 g/mol. The molecule has 4 nitrogen and oxygen atoms in total. The predicted molar refractivity (Wildman–Crippen MR) is 82.6 cm³/mol. The van der Waals surface area contributed by atoms with E-state index in [0.29, 0.717) is 10.0 Å². The normalized spacial score (nSPS) is 17.6. The van der Waals surface area contributed by atoms with Crippen LogP contribution < -0.4 is 5.32 Å². The third-order valence-corrected chi connectivity index (χ3v) is 4.34. The Bertz CT molecular complexity index is 507. The summed E-state index contributed by atoms with van der Waals surface area (Å²) in [5, 5.41) is 22.8. The van der Waals surface area contributed by atoms with Crippen LogP contribution in [0, 0.1) is 11.3 Å². The molecule has 0 spiro atoms. The highest BCUT2D eigenvalue weighted by atomic mass is 79.9. The molecule has 1 atom stereocenters. The summed E-state index contributed by atoms with van der Waals surface area (Å²) >= 11 is 3.35. The zero-order chi connectivity index (χ0) is 14.5. The Morgan fingerprint density at radius 1 is 1.45 bits per heavy atom. The number of nitriles is 1. The summed E-state index contributed by atoms with van der Waals surface area (Å²) in [6.45, 7) is 6.03. The second-order valence-electron chi connectivity index (χ2n) is 5.10. The molecule has 0 unspecified atom stereocenters. The summed E-state index contributed by atoms with van der Waals surface area (Å²) < 4.78 is 0.600. The lowest BCUT2D eigenvalue weighted by atomic mass is 9.97. The molecule has 1 aliphatic heterocycles. The van der Waals surface area contributed by atoms with Gasteiger partial charge < -0.3 is 10.4 Å². The maximum Gasteiger partial charge on any atom is 0.134 e. The van der Waals surface area contributed by atoms with Gasteiger partial charge in [0.15, 0.2) is 0 Å². The average Bonchev–Trinajstić information content (AvgIpc) is 2.48. The Morgan fingerprint density at radius 3 is 2.75 bits per heavy atom. The molecule has 0 saturated carbocycles. The lowest BCUT2D eigenvalue weighted by Crippen LogP contribution is -2.45. The molecule has 0 amide bonds. The summed E-state index contributed by atoms with van der Waals surface area (Å²) in [4.78, 5) is 2.39. The van der Waals surface area contributed by atoms with Crippen molar-refractivity contribution in [2.24, 2.45) is 0 Å². The number of nitrogens with zero attached hydrogens (tertiary/aromatic N) is 2. The van der Waals surface area contributed by atoms with Gasteiger partial charge in [0, 0.05) is 37.8 Å². The van der Waals surface area contributed by atoms with Crippen molar-refractivity contribution in [2.45, 2.75) is 25.8 Å². The number of halogens is 1. The van der Waals surface area contributed by atoms with Gasteiger partial charge in [-0.2, -0.15) is 5.26 Å². The smallest absolute Gasteiger partial charge is 0.134 e. The number of rotatable bonds is 4. The van der Waals surface area contributed by atoms with Crippen molar-refractivity contribution in [3.05, 3.63) is 27.7 Å². The van der Waals surface area contributed by atoms with Crippen molar-refractivity contribution in [3.8, 4) is 11.8 Å². The van der Waals surface area contributed by atoms with E-state index in [-0.39, 0.29) is 11.8 Å². The fourth-order valence-corrected chi connectivity index (χ4v) is 3.22. The van der Waals surface area contributed by atoms with E-state index < -0.39 is 0 Å². The van der Waals surface area contributed by atoms with E-state index in [2.05, 4.69) is 39.1 Å². The first-order chi connectivity index (χ1) is 9.67. The topological polar surface area (TPSA) is 59.3 Å². The third kappa shape index (κ3) is 3.32. The number of phenolic OH excluding ortho intramolecular Hbond substituents is 1. The number of hydrogen-bond acceptors (Lipinski definition) is 4. The minimum Gasteiger partial charge on any atom is -0.506 e. The van der Waals surface area contributed by atoms with Crippen LogP contribution >= 0.6 is 15.9 Å². The molecule has 1 saturated heterocycles. The molecule has 108 valence electrons. The van der Waals surface area contributed by atoms with Gasteiger partial charge in [0.1, 0.15) is 5.75 Å². The molecule has 0 bridgehead atoms. The third-order valence-electron chi connectivity index (χ3n) is 3.74. The van der Waals surface area contributed by atoms with Crippen LogP contribution in [0.4, 0.5) is 0 Å². The van der Waals surface area contributed by atoms with Crippen LogP contribution in [0.15, 0.2) is 16.6 Å². The first kappa shape index (κ1) is 15.3. The minimum atomic E-state index is 0.173. The Hall–Kier alpha value is -1.09. The molecule has 2 N–H and O–H groups in total. The van der Waals surface area contributed by atoms with Crippen molar-refractivity contribution in [1.29, 1.82) is 5.26 Å². The van der Waals surface area contributed by atoms with Gasteiger partial charge in [-0.25, -0.2) is 0 Å². The van der Waals surface area contributed by atoms with Crippen LogP contribution in [0.3, 0.4) is 0 Å². The van der Waals surface area contributed by atoms with E-state index in [1.54, 1.807) is 6.07 Å². The lowest BCUT2D eigenvalue weighted by Gasteiger charge is -2.35. The van der Waals surface area contributed by atoms with Crippen molar-refractivity contribution in [1.82, 2.24) is 10.2 Å². The molecule has 5 heteroatoms. The molecular formula is C15H20BrN3O. The molecule has 20 heavy (non-hydrogen) atoms. The maximum absolute atomic E-state index is 10.3. The SMILES string of the molecule is CCC[C@@H](c1cc(C#N)cc(Br)c1O)N1CCNCC1. The molecule has 1 fully saturated rings. The minimum absolute atomic E-state index is 0.173. The zero-order valence-electron chi connectivity index (χ0n) is 11.7. The number of aromatic hydroxyl groups is 1. The Balaban J connectivity index is 2.37. The highest BCUT2D eigenvalue weighted by Gasteiger charge is 2.25. The Morgan fingerprint density at radius 2 is 2.15 bits per heavy atom. The number of benzene rings is 1. The van der Waals surface area contributed by atoms with Crippen LogP contribution in [0.2, 0.25) is 0 Å². The van der Waals surface area contributed by atoms with Gasteiger partial charge in [-0.3, -0.25) is 4.90 Å². The van der Waals surface area contributed by atoms with Crippen LogP contribution in [0.5, 0.6) is 5.75 Å². The molecule has 1 aromatic carbocycles. The highest BCUT2D eigenvalue weighted by molar-refractivity contribution is 9.10. The maximum atomic E-state index is 10.3. The van der Waals surface area contributed by atoms with E-state index >= 15 is 0 Å². The Kier molecular flexibility index (Phi) is 5.41. The first-order valence-electron chi connectivity index (χ1n) is 7.04. The molecule has 0 aromatic heterocycles. The van der Waals surface area contributed by atoms with Crippen LogP contribution in [0.1, 0.15) is 36.9 Å². The fraction of sp³-hybridized carbons (Fsp3) is 0.533. The fourth-order valence-electron chi connectivity index (χ4n) is 2.74. The highest BCUT2D eigenvalue weighted by Crippen LogP contribution is 2.37. The Labute approximate surface area is 128 Å². The summed E-state index contributed by atoms with van der Waals surface area (Å²) in [5.41, 5.74) is 1.44. The lowest BCUT2D eigenvalue weighted by molar-refractivity contribution is 0.162. The second-order valence-corrected chi connectivity index (χ2v) is 5.95. The first-order valence-corrected chi connectivity index (χ1v) is 7.84. The van der Waals surface area contributed by atoms with Crippen LogP contribution in [-0.4, -0.2) is 36.2 Å². The summed E-state index contributed by atoms with van der Waals surface area (Å²) in [6, 6.07) is 5.82. The molecule has 0 aliphatic carbocycles. The average molecular weight is 338 g/mol. The van der Waals surface area contributed by atoms with Gasteiger partial charge in [0.05, 0.1) is 16.1 Å². The second kappa shape index (κ2) is 7.07. The van der Waals surface area contributed by atoms with E-state index in [1.165, 1.54) is 0 Å². The van der Waals surface area contributed by atoms with Gasteiger partial charge in [0.25, 0.3) is 0 Å². The van der Waals surface area contributed by atoms with Gasteiger partial charge in [-0.15, -0.1) is 0 Å². The van der Waals surface area contributed by atoms with Crippen molar-refractivity contribution in [2.75, 3.05) is 26.2 Å². The zero-order valence-corrected chi connectivity index (χ0v) is 13.3. The molecule has 1 aliphatic rings. The number of piperazine rings is 1. The van der Waals surface area contributed by atoms with Gasteiger partial charge in [-0.1, -0.05) is 13.3 Å². The standard InChI is InChI=1S/C15H20BrN3O/c1-2-3-14(19-6-4-18-5-7-19)12-8-11(10-17)9-13(16)15(12)20/h8-9,14,18,20H,2-7H2,1H3/t14-/m0/s1. The molecule has 1 heterocycles. The van der Waals surface area contributed by atoms with Crippen molar-refractivity contribution < 1.29 is 5.11 Å². The predicted octanol–water partition coefficient (Wildman–Crippen LogP) is 2.77. The molecule has 0 radical (unpaired) electrons. The van der Waals surface area contributed by atoms with Gasteiger partial charge in [-0.05, 0) is 34.5 Å². The van der Waals surface area contributed by atoms with Gasteiger partial charge >= 0.3 is 0 Å². The number of phenols is 1. The van der Waals surface area contributed by atoms with Crippen molar-refractivity contribution in [3.63, 3.8) is 0 Å². The van der Waals surface area contributed by atoms with Crippen molar-refractivity contribution >= 4 is 15.9 Å². The van der Waals surface area contributed by atoms with E-state index in [0.717, 1.165) is 44.6 Å². The monoisotopic (exact) mass is 337 g/mol. The molecule has 1 aromatic rings. The van der Waals surface area contributed by atoms with E-state index in [4.69, 9.17) is 5.26 Å².